The van der Waals surface area contributed by atoms with Crippen LogP contribution in [0.5, 0.6) is 0 Å². The van der Waals surface area contributed by atoms with Crippen LogP contribution in [0.4, 0.5) is 5.69 Å². The highest BCUT2D eigenvalue weighted by Gasteiger charge is 2.14. The van der Waals surface area contributed by atoms with Gasteiger partial charge in [0, 0.05) is 23.7 Å². The summed E-state index contributed by atoms with van der Waals surface area (Å²) in [4.78, 5) is 0. The zero-order valence-electron chi connectivity index (χ0n) is 9.33. The van der Waals surface area contributed by atoms with Gasteiger partial charge in [0.05, 0.1) is 13.2 Å². The quantitative estimate of drug-likeness (QED) is 0.879. The highest BCUT2D eigenvalue weighted by Crippen LogP contribution is 2.23. The number of hydrogen-bond donors (Lipinski definition) is 1. The molecular weight excluding hydrogens is 226 g/mol. The Morgan fingerprint density at radius 2 is 2.12 bits per heavy atom. The standard InChI is InChI=1S/C12H16ClNO2/c1-9-10(13)3-2-4-11(9)14-6-5-12-15-7-8-16-12/h2-4,12,14H,5-8H2,1H3. The number of hydrogen-bond acceptors (Lipinski definition) is 3. The smallest absolute Gasteiger partial charge is 0.159 e. The Balaban J connectivity index is 1.82. The van der Waals surface area contributed by atoms with Crippen LogP contribution in [0.2, 0.25) is 5.02 Å². The average molecular weight is 242 g/mol. The Morgan fingerprint density at radius 3 is 2.88 bits per heavy atom. The summed E-state index contributed by atoms with van der Waals surface area (Å²) in [5.41, 5.74) is 2.16. The Morgan fingerprint density at radius 1 is 1.38 bits per heavy atom. The fourth-order valence-electron chi connectivity index (χ4n) is 1.70. The van der Waals surface area contributed by atoms with Crippen molar-refractivity contribution in [2.45, 2.75) is 19.6 Å². The molecule has 3 nitrogen and oxygen atoms in total. The lowest BCUT2D eigenvalue weighted by molar-refractivity contribution is -0.0439. The van der Waals surface area contributed by atoms with Gasteiger partial charge in [-0.1, -0.05) is 17.7 Å². The second kappa shape index (κ2) is 5.53. The summed E-state index contributed by atoms with van der Waals surface area (Å²) in [7, 11) is 0. The first kappa shape index (κ1) is 11.7. The molecule has 1 heterocycles. The fourth-order valence-corrected chi connectivity index (χ4v) is 1.87. The van der Waals surface area contributed by atoms with E-state index in [0.717, 1.165) is 29.2 Å². The number of halogens is 1. The van der Waals surface area contributed by atoms with Crippen LogP contribution in [0.15, 0.2) is 18.2 Å². The summed E-state index contributed by atoms with van der Waals surface area (Å²) in [6.45, 7) is 4.25. The molecule has 1 aromatic carbocycles. The molecule has 1 aliphatic rings. The number of ether oxygens (including phenoxy) is 2. The maximum atomic E-state index is 6.03. The third-order valence-corrected chi connectivity index (χ3v) is 3.06. The zero-order chi connectivity index (χ0) is 11.4. The minimum absolute atomic E-state index is 0.0491. The molecule has 0 spiro atoms. The van der Waals surface area contributed by atoms with Gasteiger partial charge in [-0.15, -0.1) is 0 Å². The second-order valence-corrected chi connectivity index (χ2v) is 4.21. The monoisotopic (exact) mass is 241 g/mol. The Bertz CT molecular complexity index is 351. The molecule has 0 unspecified atom stereocenters. The Hall–Kier alpha value is -0.770. The van der Waals surface area contributed by atoms with Gasteiger partial charge in [-0.25, -0.2) is 0 Å². The molecule has 0 radical (unpaired) electrons. The van der Waals surface area contributed by atoms with Crippen molar-refractivity contribution in [2.24, 2.45) is 0 Å². The summed E-state index contributed by atoms with van der Waals surface area (Å²) in [5, 5.41) is 4.13. The van der Waals surface area contributed by atoms with E-state index in [1.165, 1.54) is 0 Å². The van der Waals surface area contributed by atoms with E-state index in [4.69, 9.17) is 21.1 Å². The maximum Gasteiger partial charge on any atom is 0.159 e. The molecular formula is C12H16ClNO2. The lowest BCUT2D eigenvalue weighted by Crippen LogP contribution is -2.14. The van der Waals surface area contributed by atoms with Gasteiger partial charge in [0.25, 0.3) is 0 Å². The van der Waals surface area contributed by atoms with E-state index < -0.39 is 0 Å². The highest BCUT2D eigenvalue weighted by molar-refractivity contribution is 6.31. The molecule has 1 saturated heterocycles. The van der Waals surface area contributed by atoms with Crippen LogP contribution in [0, 0.1) is 6.92 Å². The average Bonchev–Trinajstić information content (AvgIpc) is 2.77. The maximum absolute atomic E-state index is 6.03. The first-order valence-corrected chi connectivity index (χ1v) is 5.87. The van der Waals surface area contributed by atoms with E-state index >= 15 is 0 Å². The minimum atomic E-state index is -0.0491. The molecule has 1 aromatic rings. The number of nitrogens with one attached hydrogen (secondary N) is 1. The van der Waals surface area contributed by atoms with Crippen LogP contribution < -0.4 is 5.32 Å². The van der Waals surface area contributed by atoms with E-state index in [1.807, 2.05) is 25.1 Å². The fraction of sp³-hybridized carbons (Fsp3) is 0.500. The first-order valence-electron chi connectivity index (χ1n) is 5.49. The van der Waals surface area contributed by atoms with Crippen LogP contribution in [-0.2, 0) is 9.47 Å². The van der Waals surface area contributed by atoms with Crippen LogP contribution in [-0.4, -0.2) is 26.0 Å². The summed E-state index contributed by atoms with van der Waals surface area (Å²) in [6.07, 6.45) is 0.804. The van der Waals surface area contributed by atoms with Gasteiger partial charge in [0.1, 0.15) is 0 Å². The van der Waals surface area contributed by atoms with Crippen LogP contribution in [0.25, 0.3) is 0 Å². The van der Waals surface area contributed by atoms with Crippen LogP contribution in [0.1, 0.15) is 12.0 Å². The van der Waals surface area contributed by atoms with Crippen molar-refractivity contribution in [3.63, 3.8) is 0 Å². The number of rotatable bonds is 4. The van der Waals surface area contributed by atoms with Gasteiger partial charge in [0.2, 0.25) is 0 Å². The molecule has 2 rings (SSSR count). The first-order chi connectivity index (χ1) is 7.77. The van der Waals surface area contributed by atoms with Gasteiger partial charge >= 0.3 is 0 Å². The lowest BCUT2D eigenvalue weighted by atomic mass is 10.2. The predicted molar refractivity (Wildman–Crippen MR) is 65.0 cm³/mol. The van der Waals surface area contributed by atoms with Gasteiger partial charge in [-0.3, -0.25) is 0 Å². The molecule has 0 bridgehead atoms. The van der Waals surface area contributed by atoms with Crippen molar-refractivity contribution < 1.29 is 9.47 Å². The van der Waals surface area contributed by atoms with Crippen molar-refractivity contribution in [2.75, 3.05) is 25.1 Å². The van der Waals surface area contributed by atoms with E-state index in [1.54, 1.807) is 0 Å². The normalized spacial score (nSPS) is 16.6. The molecule has 0 amide bonds. The Labute approximate surface area is 101 Å². The summed E-state index contributed by atoms with van der Waals surface area (Å²) < 4.78 is 10.7. The number of anilines is 1. The SMILES string of the molecule is Cc1c(Cl)cccc1NCCC1OCCO1. The predicted octanol–water partition coefficient (Wildman–Crippen LogP) is 2.82. The molecule has 1 fully saturated rings. The topological polar surface area (TPSA) is 30.5 Å². The highest BCUT2D eigenvalue weighted by atomic mass is 35.5. The van der Waals surface area contributed by atoms with E-state index in [2.05, 4.69) is 5.32 Å². The van der Waals surface area contributed by atoms with Gasteiger partial charge in [-0.2, -0.15) is 0 Å². The molecule has 1 aliphatic heterocycles. The van der Waals surface area contributed by atoms with Crippen LogP contribution in [0.3, 0.4) is 0 Å². The summed E-state index contributed by atoms with van der Waals surface area (Å²) in [5.74, 6) is 0. The van der Waals surface area contributed by atoms with E-state index in [9.17, 15) is 0 Å². The summed E-state index contributed by atoms with van der Waals surface area (Å²) >= 11 is 6.03. The molecule has 4 heteroatoms. The molecule has 88 valence electrons. The third-order valence-electron chi connectivity index (χ3n) is 2.65. The van der Waals surface area contributed by atoms with Crippen molar-refractivity contribution in [3.8, 4) is 0 Å². The largest absolute Gasteiger partial charge is 0.385 e. The van der Waals surface area contributed by atoms with Crippen molar-refractivity contribution in [3.05, 3.63) is 28.8 Å². The van der Waals surface area contributed by atoms with E-state index in [-0.39, 0.29) is 6.29 Å². The Kier molecular flexibility index (Phi) is 4.04. The van der Waals surface area contributed by atoms with E-state index in [0.29, 0.717) is 13.2 Å². The van der Waals surface area contributed by atoms with Gasteiger partial charge in [-0.05, 0) is 24.6 Å². The van der Waals surface area contributed by atoms with Crippen LogP contribution >= 0.6 is 11.6 Å². The molecule has 1 N–H and O–H groups in total. The minimum Gasteiger partial charge on any atom is -0.385 e. The molecule has 0 aromatic heterocycles. The zero-order valence-corrected chi connectivity index (χ0v) is 10.1. The molecule has 0 saturated carbocycles. The molecule has 16 heavy (non-hydrogen) atoms. The lowest BCUT2D eigenvalue weighted by Gasteiger charge is -2.12. The van der Waals surface area contributed by atoms with Crippen molar-refractivity contribution in [1.29, 1.82) is 0 Å². The van der Waals surface area contributed by atoms with Crippen molar-refractivity contribution in [1.82, 2.24) is 0 Å². The third kappa shape index (κ3) is 2.88. The number of benzene rings is 1. The second-order valence-electron chi connectivity index (χ2n) is 3.80. The van der Waals surface area contributed by atoms with Gasteiger partial charge in [0.15, 0.2) is 6.29 Å². The molecule has 0 atom stereocenters. The van der Waals surface area contributed by atoms with Gasteiger partial charge < -0.3 is 14.8 Å². The molecule has 0 aliphatic carbocycles. The van der Waals surface area contributed by atoms with Crippen molar-refractivity contribution >= 4 is 17.3 Å². The summed E-state index contributed by atoms with van der Waals surface area (Å²) in [6, 6.07) is 5.86.